The van der Waals surface area contributed by atoms with Crippen molar-refractivity contribution in [3.8, 4) is 0 Å². The van der Waals surface area contributed by atoms with Gasteiger partial charge in [-0.15, -0.1) is 0 Å². The molecule has 9 heavy (non-hydrogen) atoms. The van der Waals surface area contributed by atoms with Crippen molar-refractivity contribution in [1.29, 1.82) is 0 Å². The summed E-state index contributed by atoms with van der Waals surface area (Å²) in [5, 5.41) is 1.10. The quantitative estimate of drug-likeness (QED) is 0.547. The molecule has 54 valence electrons. The minimum Gasteiger partial charge on any atom is -0.320 e. The molecule has 0 unspecified atom stereocenters. The molecule has 0 aliphatic rings. The van der Waals surface area contributed by atoms with Crippen LogP contribution in [0.25, 0.3) is 0 Å². The van der Waals surface area contributed by atoms with Gasteiger partial charge in [0, 0.05) is 0 Å². The smallest absolute Gasteiger partial charge is 0.105 e. The zero-order valence-corrected chi connectivity index (χ0v) is 7.53. The Bertz CT molecular complexity index is 152. The molecule has 0 bridgehead atoms. The Hall–Kier alpha value is -0.0300. The van der Waals surface area contributed by atoms with Crippen molar-refractivity contribution in [2.75, 3.05) is 13.3 Å². The Morgan fingerprint density at radius 1 is 1.56 bits per heavy atom. The van der Waals surface area contributed by atoms with E-state index in [9.17, 15) is 4.57 Å². The lowest BCUT2D eigenvalue weighted by Crippen LogP contribution is -1.80. The van der Waals surface area contributed by atoms with Gasteiger partial charge >= 0.3 is 0 Å². The van der Waals surface area contributed by atoms with E-state index in [0.29, 0.717) is 0 Å². The molecule has 0 saturated carbocycles. The van der Waals surface area contributed by atoms with E-state index in [4.69, 9.17) is 0 Å². The zero-order valence-electron chi connectivity index (χ0n) is 6.64. The third-order valence-electron chi connectivity index (χ3n) is 1.39. The largest absolute Gasteiger partial charge is 0.320 e. The normalized spacial score (nSPS) is 14.0. The molecule has 0 spiro atoms. The fourth-order valence-electron chi connectivity index (χ4n) is 0.896. The second kappa shape index (κ2) is 3.22. The van der Waals surface area contributed by atoms with E-state index in [1.807, 2.05) is 33.3 Å². The van der Waals surface area contributed by atoms with Crippen LogP contribution in [-0.2, 0) is 4.57 Å². The summed E-state index contributed by atoms with van der Waals surface area (Å²) in [5.41, 5.74) is 0. The van der Waals surface area contributed by atoms with Gasteiger partial charge < -0.3 is 4.57 Å². The van der Waals surface area contributed by atoms with Crippen molar-refractivity contribution in [1.82, 2.24) is 0 Å². The van der Waals surface area contributed by atoms with Gasteiger partial charge in [0.05, 0.1) is 0 Å². The summed E-state index contributed by atoms with van der Waals surface area (Å²) >= 11 is 0. The van der Waals surface area contributed by atoms with Crippen molar-refractivity contribution in [3.63, 3.8) is 0 Å². The first-order chi connectivity index (χ1) is 4.02. The molecule has 0 saturated heterocycles. The fourth-order valence-corrected chi connectivity index (χ4v) is 2.28. The molecule has 0 fully saturated rings. The molecule has 0 amide bonds. The van der Waals surface area contributed by atoms with E-state index in [1.54, 1.807) is 0 Å². The van der Waals surface area contributed by atoms with Crippen molar-refractivity contribution < 1.29 is 4.57 Å². The first-order valence-electron chi connectivity index (χ1n) is 3.23. The summed E-state index contributed by atoms with van der Waals surface area (Å²) in [4.78, 5) is 0. The van der Waals surface area contributed by atoms with Crippen LogP contribution in [0.4, 0.5) is 0 Å². The van der Waals surface area contributed by atoms with Gasteiger partial charge in [0.2, 0.25) is 0 Å². The minimum atomic E-state index is -1.91. The maximum Gasteiger partial charge on any atom is 0.105 e. The summed E-state index contributed by atoms with van der Waals surface area (Å²) in [5.74, 6) is 0. The summed E-state index contributed by atoms with van der Waals surface area (Å²) in [6.45, 7) is 7.60. The van der Waals surface area contributed by atoms with Crippen molar-refractivity contribution in [2.45, 2.75) is 20.3 Å². The highest BCUT2D eigenvalue weighted by molar-refractivity contribution is 7.66. The molecule has 0 aromatic rings. The van der Waals surface area contributed by atoms with Crippen LogP contribution in [-0.4, -0.2) is 13.3 Å². The van der Waals surface area contributed by atoms with E-state index in [-0.39, 0.29) is 0 Å². The Labute approximate surface area is 57.5 Å². The molecule has 0 rings (SSSR count). The molecular formula is C7H15OP. The SMILES string of the molecule is CC=C(CC)P(C)(C)=O. The summed E-state index contributed by atoms with van der Waals surface area (Å²) in [6, 6.07) is 0. The van der Waals surface area contributed by atoms with Crippen molar-refractivity contribution in [2.24, 2.45) is 0 Å². The predicted octanol–water partition coefficient (Wildman–Crippen LogP) is 2.92. The zero-order chi connectivity index (χ0) is 7.49. The summed E-state index contributed by atoms with van der Waals surface area (Å²) in [7, 11) is -1.91. The predicted molar refractivity (Wildman–Crippen MR) is 43.5 cm³/mol. The van der Waals surface area contributed by atoms with Crippen LogP contribution < -0.4 is 0 Å². The van der Waals surface area contributed by atoms with Crippen molar-refractivity contribution >= 4 is 7.14 Å². The van der Waals surface area contributed by atoms with E-state index in [1.165, 1.54) is 0 Å². The Morgan fingerprint density at radius 2 is 2.00 bits per heavy atom. The second-order valence-corrected chi connectivity index (χ2v) is 5.76. The van der Waals surface area contributed by atoms with Gasteiger partial charge in [0.25, 0.3) is 0 Å². The number of rotatable bonds is 2. The molecule has 0 N–H and O–H groups in total. The van der Waals surface area contributed by atoms with E-state index >= 15 is 0 Å². The molecule has 0 atom stereocenters. The summed E-state index contributed by atoms with van der Waals surface area (Å²) < 4.78 is 11.3. The molecule has 0 radical (unpaired) electrons. The molecule has 0 aromatic heterocycles. The third-order valence-corrected chi connectivity index (χ3v) is 3.34. The molecule has 2 heteroatoms. The standard InChI is InChI=1S/C7H15OP/c1-5-7(6-2)9(3,4)8/h5H,6H2,1-4H3. The Morgan fingerprint density at radius 3 is 2.00 bits per heavy atom. The van der Waals surface area contributed by atoms with Crippen molar-refractivity contribution in [3.05, 3.63) is 11.4 Å². The Kier molecular flexibility index (Phi) is 3.21. The minimum absolute atomic E-state index is 0.917. The first-order valence-corrected chi connectivity index (χ1v) is 5.83. The van der Waals surface area contributed by atoms with Crippen LogP contribution in [0.2, 0.25) is 0 Å². The van der Waals surface area contributed by atoms with Crippen LogP contribution in [0.3, 0.4) is 0 Å². The lowest BCUT2D eigenvalue weighted by atomic mass is 10.4. The van der Waals surface area contributed by atoms with Gasteiger partial charge in [0.1, 0.15) is 7.14 Å². The first kappa shape index (κ1) is 8.97. The molecule has 0 aliphatic carbocycles. The fraction of sp³-hybridized carbons (Fsp3) is 0.714. The van der Waals surface area contributed by atoms with Gasteiger partial charge in [-0.3, -0.25) is 0 Å². The lowest BCUT2D eigenvalue weighted by molar-refractivity contribution is 0.585. The second-order valence-electron chi connectivity index (χ2n) is 2.48. The van der Waals surface area contributed by atoms with E-state index < -0.39 is 7.14 Å². The van der Waals surface area contributed by atoms with Gasteiger partial charge in [0.15, 0.2) is 0 Å². The average molecular weight is 146 g/mol. The molecule has 0 aromatic carbocycles. The van der Waals surface area contributed by atoms with Gasteiger partial charge in [-0.1, -0.05) is 13.0 Å². The molecule has 0 heterocycles. The molecular weight excluding hydrogens is 131 g/mol. The topological polar surface area (TPSA) is 17.1 Å². The highest BCUT2D eigenvalue weighted by Gasteiger charge is 2.10. The highest BCUT2D eigenvalue weighted by Crippen LogP contribution is 2.47. The maximum absolute atomic E-state index is 11.3. The highest BCUT2D eigenvalue weighted by atomic mass is 31.2. The molecule has 0 aliphatic heterocycles. The van der Waals surface area contributed by atoms with E-state index in [2.05, 4.69) is 0 Å². The van der Waals surface area contributed by atoms with Crippen LogP contribution >= 0.6 is 7.14 Å². The average Bonchev–Trinajstić information content (AvgIpc) is 1.65. The number of hydrogen-bond donors (Lipinski definition) is 0. The number of hydrogen-bond acceptors (Lipinski definition) is 1. The number of allylic oxidation sites excluding steroid dienone is 2. The van der Waals surface area contributed by atoms with Gasteiger partial charge in [-0.2, -0.15) is 0 Å². The van der Waals surface area contributed by atoms with Crippen LogP contribution in [0.15, 0.2) is 11.4 Å². The Balaban J connectivity index is 4.34. The monoisotopic (exact) mass is 146 g/mol. The van der Waals surface area contributed by atoms with Crippen LogP contribution in [0, 0.1) is 0 Å². The van der Waals surface area contributed by atoms with Crippen LogP contribution in [0.5, 0.6) is 0 Å². The van der Waals surface area contributed by atoms with Gasteiger partial charge in [-0.25, -0.2) is 0 Å². The van der Waals surface area contributed by atoms with Crippen LogP contribution in [0.1, 0.15) is 20.3 Å². The molecule has 1 nitrogen and oxygen atoms in total. The lowest BCUT2D eigenvalue weighted by Gasteiger charge is -2.07. The van der Waals surface area contributed by atoms with Gasteiger partial charge in [-0.05, 0) is 32.0 Å². The van der Waals surface area contributed by atoms with E-state index in [0.717, 1.165) is 11.7 Å². The summed E-state index contributed by atoms with van der Waals surface area (Å²) in [6.07, 6.45) is 2.88. The third kappa shape index (κ3) is 2.86. The maximum atomic E-state index is 11.3.